The highest BCUT2D eigenvalue weighted by Gasteiger charge is 2.19. The first-order chi connectivity index (χ1) is 11.9. The topological polar surface area (TPSA) is 53.6 Å². The maximum atomic E-state index is 4.66. The summed E-state index contributed by atoms with van der Waals surface area (Å²) < 4.78 is 0. The summed E-state index contributed by atoms with van der Waals surface area (Å²) in [5.74, 6) is 1.95. The molecule has 0 unspecified atom stereocenters. The highest BCUT2D eigenvalue weighted by atomic mass is 15.1. The van der Waals surface area contributed by atoms with E-state index in [4.69, 9.17) is 0 Å². The van der Waals surface area contributed by atoms with Gasteiger partial charge in [-0.1, -0.05) is 51.4 Å². The molecular weight excluding hydrogens is 296 g/mol. The predicted molar refractivity (Wildman–Crippen MR) is 99.3 cm³/mol. The normalized spacial score (nSPS) is 20.5. The van der Waals surface area contributed by atoms with Crippen LogP contribution in [0.5, 0.6) is 0 Å². The molecule has 0 aromatic carbocycles. The van der Waals surface area contributed by atoms with Crippen LogP contribution >= 0.6 is 0 Å². The maximum Gasteiger partial charge on any atom is 0.137 e. The standard InChI is InChI=1S/C20H30N4/c1-3-7-15(8-4-1)11-12-17-19-18(24-23-17)13-14-21-20(19)22-16-9-5-2-6-10-16/h13-16H,1-12H2,(H,21,22)(H,23,24). The fourth-order valence-electron chi connectivity index (χ4n) is 4.58. The number of hydrogen-bond acceptors (Lipinski definition) is 3. The van der Waals surface area contributed by atoms with Gasteiger partial charge in [-0.15, -0.1) is 0 Å². The molecule has 0 aliphatic heterocycles. The number of aromatic nitrogens is 3. The van der Waals surface area contributed by atoms with Gasteiger partial charge in [0.2, 0.25) is 0 Å². The second-order valence-electron chi connectivity index (χ2n) is 7.78. The molecule has 2 aromatic heterocycles. The summed E-state index contributed by atoms with van der Waals surface area (Å²) >= 11 is 0. The van der Waals surface area contributed by atoms with Gasteiger partial charge in [-0.05, 0) is 37.7 Å². The van der Waals surface area contributed by atoms with Gasteiger partial charge >= 0.3 is 0 Å². The van der Waals surface area contributed by atoms with E-state index in [1.54, 1.807) is 0 Å². The lowest BCUT2D eigenvalue weighted by atomic mass is 9.85. The molecule has 0 spiro atoms. The van der Waals surface area contributed by atoms with Crippen LogP contribution in [-0.4, -0.2) is 21.2 Å². The van der Waals surface area contributed by atoms with Crippen LogP contribution in [0.15, 0.2) is 12.3 Å². The van der Waals surface area contributed by atoms with Crippen molar-refractivity contribution in [1.29, 1.82) is 0 Å². The van der Waals surface area contributed by atoms with Crippen LogP contribution in [0.3, 0.4) is 0 Å². The van der Waals surface area contributed by atoms with Gasteiger partial charge in [0, 0.05) is 17.9 Å². The van der Waals surface area contributed by atoms with Crippen LogP contribution < -0.4 is 5.32 Å². The van der Waals surface area contributed by atoms with E-state index in [0.717, 1.165) is 23.7 Å². The average Bonchev–Trinajstić information content (AvgIpc) is 3.06. The Morgan fingerprint density at radius 2 is 1.75 bits per heavy atom. The predicted octanol–water partition coefficient (Wildman–Crippen LogP) is 5.22. The number of H-pyrrole nitrogens is 1. The number of anilines is 1. The lowest BCUT2D eigenvalue weighted by molar-refractivity contribution is 0.338. The maximum absolute atomic E-state index is 4.66. The van der Waals surface area contributed by atoms with E-state index in [1.807, 2.05) is 12.3 Å². The molecule has 0 saturated heterocycles. The Labute approximate surface area is 144 Å². The van der Waals surface area contributed by atoms with Gasteiger partial charge in [0.25, 0.3) is 0 Å². The van der Waals surface area contributed by atoms with Crippen LogP contribution in [0.1, 0.15) is 76.3 Å². The molecule has 2 aliphatic carbocycles. The highest BCUT2D eigenvalue weighted by Crippen LogP contribution is 2.31. The van der Waals surface area contributed by atoms with E-state index in [9.17, 15) is 0 Å². The molecule has 2 aliphatic rings. The van der Waals surface area contributed by atoms with Gasteiger partial charge < -0.3 is 5.32 Å². The third-order valence-electron chi connectivity index (χ3n) is 6.02. The molecule has 130 valence electrons. The molecule has 2 saturated carbocycles. The third-order valence-corrected chi connectivity index (χ3v) is 6.02. The second-order valence-corrected chi connectivity index (χ2v) is 7.78. The van der Waals surface area contributed by atoms with E-state index in [1.165, 1.54) is 81.7 Å². The lowest BCUT2D eigenvalue weighted by Gasteiger charge is -2.24. The summed E-state index contributed by atoms with van der Waals surface area (Å²) in [5.41, 5.74) is 2.34. The number of aromatic amines is 1. The molecule has 0 atom stereocenters. The van der Waals surface area contributed by atoms with Gasteiger partial charge in [-0.3, -0.25) is 5.10 Å². The summed E-state index contributed by atoms with van der Waals surface area (Å²) in [5, 5.41) is 12.8. The van der Waals surface area contributed by atoms with Crippen LogP contribution in [0.4, 0.5) is 5.82 Å². The van der Waals surface area contributed by atoms with Crippen molar-refractivity contribution in [2.75, 3.05) is 5.32 Å². The largest absolute Gasteiger partial charge is 0.367 e. The summed E-state index contributed by atoms with van der Waals surface area (Å²) in [4.78, 5) is 4.66. The first kappa shape index (κ1) is 15.9. The molecule has 0 amide bonds. The highest BCUT2D eigenvalue weighted by molar-refractivity contribution is 5.91. The smallest absolute Gasteiger partial charge is 0.137 e. The van der Waals surface area contributed by atoms with Crippen molar-refractivity contribution in [3.63, 3.8) is 0 Å². The quantitative estimate of drug-likeness (QED) is 0.792. The van der Waals surface area contributed by atoms with Crippen molar-refractivity contribution >= 4 is 16.7 Å². The first-order valence-corrected chi connectivity index (χ1v) is 9.98. The van der Waals surface area contributed by atoms with Gasteiger partial charge in [-0.2, -0.15) is 5.10 Å². The van der Waals surface area contributed by atoms with Crippen LogP contribution in [-0.2, 0) is 6.42 Å². The molecular formula is C20H30N4. The Hall–Kier alpha value is -1.58. The first-order valence-electron chi connectivity index (χ1n) is 9.98. The van der Waals surface area contributed by atoms with Crippen LogP contribution in [0.2, 0.25) is 0 Å². The number of hydrogen-bond donors (Lipinski definition) is 2. The molecule has 2 fully saturated rings. The number of nitrogens with one attached hydrogen (secondary N) is 2. The van der Waals surface area contributed by atoms with Crippen molar-refractivity contribution in [2.24, 2.45) is 5.92 Å². The SMILES string of the molecule is c1cc2n[nH]c(CCC3CCCCC3)c2c(NC2CCCCC2)n1. The fourth-order valence-corrected chi connectivity index (χ4v) is 4.58. The van der Waals surface area contributed by atoms with Crippen molar-refractivity contribution in [1.82, 2.24) is 15.2 Å². The van der Waals surface area contributed by atoms with E-state index < -0.39 is 0 Å². The van der Waals surface area contributed by atoms with Gasteiger partial charge in [-0.25, -0.2) is 4.98 Å². The Kier molecular flexibility index (Phi) is 5.00. The summed E-state index contributed by atoms with van der Waals surface area (Å²) in [6, 6.07) is 2.61. The minimum absolute atomic E-state index is 0.581. The molecule has 4 rings (SSSR count). The molecule has 2 heterocycles. The Morgan fingerprint density at radius 1 is 1.00 bits per heavy atom. The van der Waals surface area contributed by atoms with E-state index >= 15 is 0 Å². The Morgan fingerprint density at radius 3 is 2.54 bits per heavy atom. The van der Waals surface area contributed by atoms with Crippen molar-refractivity contribution in [2.45, 2.75) is 83.1 Å². The van der Waals surface area contributed by atoms with Gasteiger partial charge in [0.05, 0.1) is 10.9 Å². The summed E-state index contributed by atoms with van der Waals surface area (Å²) in [7, 11) is 0. The lowest BCUT2D eigenvalue weighted by Crippen LogP contribution is -2.23. The molecule has 4 heteroatoms. The minimum atomic E-state index is 0.581. The van der Waals surface area contributed by atoms with Crippen molar-refractivity contribution in [3.8, 4) is 0 Å². The zero-order chi connectivity index (χ0) is 16.2. The Bertz CT molecular complexity index is 651. The number of pyridine rings is 1. The zero-order valence-corrected chi connectivity index (χ0v) is 14.7. The number of fused-ring (bicyclic) bond motifs is 1. The summed E-state index contributed by atoms with van der Waals surface area (Å²) in [6.07, 6.45) is 18.0. The van der Waals surface area contributed by atoms with Crippen molar-refractivity contribution < 1.29 is 0 Å². The number of aryl methyl sites for hydroxylation is 1. The molecule has 4 nitrogen and oxygen atoms in total. The fraction of sp³-hybridized carbons (Fsp3) is 0.700. The molecule has 2 N–H and O–H groups in total. The third kappa shape index (κ3) is 3.57. The van der Waals surface area contributed by atoms with Crippen molar-refractivity contribution in [3.05, 3.63) is 18.0 Å². The van der Waals surface area contributed by atoms with E-state index in [0.29, 0.717) is 6.04 Å². The second kappa shape index (κ2) is 7.54. The molecule has 24 heavy (non-hydrogen) atoms. The minimum Gasteiger partial charge on any atom is -0.367 e. The van der Waals surface area contributed by atoms with Gasteiger partial charge in [0.1, 0.15) is 5.82 Å². The van der Waals surface area contributed by atoms with Crippen LogP contribution in [0.25, 0.3) is 10.9 Å². The molecule has 0 radical (unpaired) electrons. The number of rotatable bonds is 5. The summed E-state index contributed by atoms with van der Waals surface area (Å²) in [6.45, 7) is 0. The van der Waals surface area contributed by atoms with Gasteiger partial charge in [0.15, 0.2) is 0 Å². The number of nitrogens with zero attached hydrogens (tertiary/aromatic N) is 2. The zero-order valence-electron chi connectivity index (χ0n) is 14.7. The Balaban J connectivity index is 1.50. The van der Waals surface area contributed by atoms with E-state index in [2.05, 4.69) is 20.5 Å². The average molecular weight is 326 g/mol. The van der Waals surface area contributed by atoms with E-state index in [-0.39, 0.29) is 0 Å². The molecule has 0 bridgehead atoms. The van der Waals surface area contributed by atoms with Crippen LogP contribution in [0, 0.1) is 5.92 Å². The monoisotopic (exact) mass is 326 g/mol. The molecule has 2 aromatic rings.